The van der Waals surface area contributed by atoms with Crippen molar-refractivity contribution >= 4 is 11.8 Å². The maximum absolute atomic E-state index is 12.4. The minimum absolute atomic E-state index is 0.0113. The van der Waals surface area contributed by atoms with Crippen LogP contribution < -0.4 is 5.73 Å². The number of rotatable bonds is 4. The highest BCUT2D eigenvalue weighted by Gasteiger charge is 2.48. The molecule has 1 aromatic carbocycles. The zero-order valence-electron chi connectivity index (χ0n) is 12.1. The van der Waals surface area contributed by atoms with Crippen LogP contribution in [-0.2, 0) is 16.0 Å². The third kappa shape index (κ3) is 2.55. The summed E-state index contributed by atoms with van der Waals surface area (Å²) >= 11 is 0. The number of carbonyl (C=O) groups excluding carboxylic acids is 2. The van der Waals surface area contributed by atoms with Crippen LogP contribution in [0.25, 0.3) is 0 Å². The largest absolute Gasteiger partial charge is 0.368 e. The van der Waals surface area contributed by atoms with Crippen LogP contribution in [0.2, 0.25) is 0 Å². The van der Waals surface area contributed by atoms with Gasteiger partial charge in [0.1, 0.15) is 5.54 Å². The lowest BCUT2D eigenvalue weighted by molar-refractivity contribution is -0.145. The number of nitrogens with two attached hydrogens (primary N) is 1. The summed E-state index contributed by atoms with van der Waals surface area (Å²) in [6.07, 6.45) is 1.98. The van der Waals surface area contributed by atoms with Gasteiger partial charge in [0.2, 0.25) is 11.8 Å². The number of carbonyl (C=O) groups is 2. The van der Waals surface area contributed by atoms with Crippen molar-refractivity contribution in [2.24, 2.45) is 11.7 Å². The van der Waals surface area contributed by atoms with Gasteiger partial charge in [0.25, 0.3) is 0 Å². The highest BCUT2D eigenvalue weighted by molar-refractivity contribution is 5.92. The van der Waals surface area contributed by atoms with E-state index < -0.39 is 11.4 Å². The molecule has 0 radical (unpaired) electrons. The molecular weight excluding hydrogens is 252 g/mol. The molecule has 1 aromatic rings. The Morgan fingerprint density at radius 1 is 1.30 bits per heavy atom. The van der Waals surface area contributed by atoms with Gasteiger partial charge in [-0.2, -0.15) is 0 Å². The molecule has 1 atom stereocenters. The van der Waals surface area contributed by atoms with E-state index in [0.29, 0.717) is 19.4 Å². The number of benzene rings is 1. The number of hydrogen-bond donors (Lipinski definition) is 1. The lowest BCUT2D eigenvalue weighted by Crippen LogP contribution is -2.58. The van der Waals surface area contributed by atoms with E-state index in [1.165, 1.54) is 0 Å². The molecule has 1 fully saturated rings. The normalized spacial score (nSPS) is 22.2. The zero-order valence-corrected chi connectivity index (χ0v) is 12.1. The van der Waals surface area contributed by atoms with Crippen molar-refractivity contribution in [1.82, 2.24) is 4.90 Å². The Labute approximate surface area is 119 Å². The van der Waals surface area contributed by atoms with Gasteiger partial charge in [0.05, 0.1) is 0 Å². The third-order valence-electron chi connectivity index (χ3n) is 4.05. The van der Waals surface area contributed by atoms with Gasteiger partial charge < -0.3 is 10.6 Å². The molecular formula is C16H22N2O2. The van der Waals surface area contributed by atoms with Gasteiger partial charge in [-0.3, -0.25) is 9.59 Å². The lowest BCUT2D eigenvalue weighted by Gasteiger charge is -2.37. The predicted octanol–water partition coefficient (Wildman–Crippen LogP) is 1.73. The van der Waals surface area contributed by atoms with Crippen molar-refractivity contribution in [1.29, 1.82) is 0 Å². The van der Waals surface area contributed by atoms with Gasteiger partial charge in [-0.15, -0.1) is 0 Å². The first-order valence-corrected chi connectivity index (χ1v) is 7.13. The first-order valence-electron chi connectivity index (χ1n) is 7.13. The summed E-state index contributed by atoms with van der Waals surface area (Å²) in [5.74, 6) is -0.507. The lowest BCUT2D eigenvalue weighted by atomic mass is 9.86. The van der Waals surface area contributed by atoms with E-state index in [1.54, 1.807) is 4.90 Å². The number of hydrogen-bond acceptors (Lipinski definition) is 2. The SMILES string of the molecule is CC(C)C(=O)N1CCC[C@@]1(Cc1ccccc1)C(N)=O. The smallest absolute Gasteiger partial charge is 0.243 e. The van der Waals surface area contributed by atoms with E-state index in [9.17, 15) is 9.59 Å². The molecule has 4 nitrogen and oxygen atoms in total. The monoisotopic (exact) mass is 274 g/mol. The second kappa shape index (κ2) is 5.65. The topological polar surface area (TPSA) is 63.4 Å². The second-order valence-corrected chi connectivity index (χ2v) is 5.81. The number of amides is 2. The molecule has 1 aliphatic rings. The molecule has 0 aromatic heterocycles. The molecule has 1 heterocycles. The summed E-state index contributed by atoms with van der Waals surface area (Å²) in [5.41, 5.74) is 5.85. The highest BCUT2D eigenvalue weighted by atomic mass is 16.2. The first-order chi connectivity index (χ1) is 9.47. The third-order valence-corrected chi connectivity index (χ3v) is 4.05. The van der Waals surface area contributed by atoms with Crippen LogP contribution in [0.3, 0.4) is 0 Å². The molecule has 4 heteroatoms. The average molecular weight is 274 g/mol. The summed E-state index contributed by atoms with van der Waals surface area (Å²) in [6.45, 7) is 4.33. The second-order valence-electron chi connectivity index (χ2n) is 5.81. The molecule has 0 saturated carbocycles. The minimum Gasteiger partial charge on any atom is -0.368 e. The van der Waals surface area contributed by atoms with Crippen LogP contribution in [0.4, 0.5) is 0 Å². The van der Waals surface area contributed by atoms with Crippen LogP contribution in [0, 0.1) is 5.92 Å². The Bertz CT molecular complexity index is 498. The summed E-state index contributed by atoms with van der Waals surface area (Å²) < 4.78 is 0. The fraction of sp³-hybridized carbons (Fsp3) is 0.500. The van der Waals surface area contributed by atoms with E-state index in [4.69, 9.17) is 5.73 Å². The van der Waals surface area contributed by atoms with E-state index in [0.717, 1.165) is 12.0 Å². The van der Waals surface area contributed by atoms with E-state index >= 15 is 0 Å². The summed E-state index contributed by atoms with van der Waals surface area (Å²) in [6, 6.07) is 9.76. The molecule has 1 saturated heterocycles. The minimum atomic E-state index is -0.858. The standard InChI is InChI=1S/C16H22N2O2/c1-12(2)14(19)18-10-6-9-16(18,15(17)20)11-13-7-4-3-5-8-13/h3-5,7-8,12H,6,9-11H2,1-2H3,(H2,17,20)/t16-/m1/s1. The van der Waals surface area contributed by atoms with Gasteiger partial charge in [-0.1, -0.05) is 44.2 Å². The number of likely N-dealkylation sites (tertiary alicyclic amines) is 1. The summed E-state index contributed by atoms with van der Waals surface area (Å²) in [4.78, 5) is 26.2. The van der Waals surface area contributed by atoms with Gasteiger partial charge in [0.15, 0.2) is 0 Å². The van der Waals surface area contributed by atoms with Crippen molar-refractivity contribution in [3.63, 3.8) is 0 Å². The fourth-order valence-electron chi connectivity index (χ4n) is 2.97. The molecule has 108 valence electrons. The zero-order chi connectivity index (χ0) is 14.8. The molecule has 20 heavy (non-hydrogen) atoms. The number of primary amides is 1. The Hall–Kier alpha value is -1.84. The van der Waals surface area contributed by atoms with Gasteiger partial charge in [0, 0.05) is 18.9 Å². The maximum atomic E-state index is 12.4. The van der Waals surface area contributed by atoms with Gasteiger partial charge in [-0.05, 0) is 18.4 Å². The van der Waals surface area contributed by atoms with Crippen LogP contribution in [-0.4, -0.2) is 28.8 Å². The molecule has 0 bridgehead atoms. The first kappa shape index (κ1) is 14.6. The van der Waals surface area contributed by atoms with Crippen molar-refractivity contribution in [3.8, 4) is 0 Å². The van der Waals surface area contributed by atoms with Crippen LogP contribution >= 0.6 is 0 Å². The maximum Gasteiger partial charge on any atom is 0.243 e. The Balaban J connectivity index is 2.34. The molecule has 2 N–H and O–H groups in total. The highest BCUT2D eigenvalue weighted by Crippen LogP contribution is 2.33. The Kier molecular flexibility index (Phi) is 4.12. The van der Waals surface area contributed by atoms with Crippen molar-refractivity contribution < 1.29 is 9.59 Å². The summed E-state index contributed by atoms with van der Waals surface area (Å²) in [7, 11) is 0. The molecule has 0 spiro atoms. The van der Waals surface area contributed by atoms with Gasteiger partial charge >= 0.3 is 0 Å². The molecule has 0 aliphatic carbocycles. The van der Waals surface area contributed by atoms with E-state index in [1.807, 2.05) is 44.2 Å². The van der Waals surface area contributed by atoms with Crippen LogP contribution in [0.1, 0.15) is 32.3 Å². The van der Waals surface area contributed by atoms with Crippen LogP contribution in [0.15, 0.2) is 30.3 Å². The molecule has 2 amide bonds. The summed E-state index contributed by atoms with van der Waals surface area (Å²) in [5, 5.41) is 0. The molecule has 2 rings (SSSR count). The van der Waals surface area contributed by atoms with Gasteiger partial charge in [-0.25, -0.2) is 0 Å². The van der Waals surface area contributed by atoms with Crippen LogP contribution in [0.5, 0.6) is 0 Å². The Morgan fingerprint density at radius 2 is 1.95 bits per heavy atom. The molecule has 0 unspecified atom stereocenters. The predicted molar refractivity (Wildman–Crippen MR) is 77.9 cm³/mol. The number of nitrogens with zero attached hydrogens (tertiary/aromatic N) is 1. The van der Waals surface area contributed by atoms with Crippen molar-refractivity contribution in [3.05, 3.63) is 35.9 Å². The van der Waals surface area contributed by atoms with Crippen molar-refractivity contribution in [2.75, 3.05) is 6.54 Å². The average Bonchev–Trinajstić information content (AvgIpc) is 2.83. The van der Waals surface area contributed by atoms with Crippen molar-refractivity contribution in [2.45, 2.75) is 38.6 Å². The molecule has 1 aliphatic heterocycles. The van der Waals surface area contributed by atoms with E-state index in [2.05, 4.69) is 0 Å². The Morgan fingerprint density at radius 3 is 2.50 bits per heavy atom. The quantitative estimate of drug-likeness (QED) is 0.909. The fourth-order valence-corrected chi connectivity index (χ4v) is 2.97. The van der Waals surface area contributed by atoms with E-state index in [-0.39, 0.29) is 11.8 Å².